The fraction of sp³-hybridized carbons (Fsp3) is 1.00. The molecule has 1 heterocycles. The Balaban J connectivity index is 1.99. The molecule has 2 nitrogen and oxygen atoms in total. The zero-order chi connectivity index (χ0) is 11.6. The Kier molecular flexibility index (Phi) is 2.09. The second-order valence-electron chi connectivity index (χ2n) is 6.79. The molecule has 2 saturated carbocycles. The van der Waals surface area contributed by atoms with Crippen molar-refractivity contribution in [2.24, 2.45) is 16.7 Å². The van der Waals surface area contributed by atoms with E-state index < -0.39 is 0 Å². The van der Waals surface area contributed by atoms with E-state index in [1.807, 2.05) is 6.92 Å². The van der Waals surface area contributed by atoms with Crippen molar-refractivity contribution in [3.8, 4) is 0 Å². The average molecular weight is 224 g/mol. The molecule has 3 rings (SSSR count). The van der Waals surface area contributed by atoms with Crippen molar-refractivity contribution in [1.29, 1.82) is 0 Å². The number of fused-ring (bicyclic) bond motifs is 3. The highest BCUT2D eigenvalue weighted by atomic mass is 16.7. The lowest BCUT2D eigenvalue weighted by molar-refractivity contribution is -0.284. The van der Waals surface area contributed by atoms with Crippen LogP contribution in [0.2, 0.25) is 0 Å². The van der Waals surface area contributed by atoms with Crippen molar-refractivity contribution in [3.63, 3.8) is 0 Å². The first-order valence-electron chi connectivity index (χ1n) is 6.71. The fourth-order valence-corrected chi connectivity index (χ4v) is 4.75. The minimum absolute atomic E-state index is 0.0132. The van der Waals surface area contributed by atoms with Gasteiger partial charge in [0.2, 0.25) is 0 Å². The van der Waals surface area contributed by atoms with E-state index in [1.165, 1.54) is 19.3 Å². The first kappa shape index (κ1) is 11.0. The molecule has 0 aromatic heterocycles. The summed E-state index contributed by atoms with van der Waals surface area (Å²) in [5, 5.41) is 0. The largest absolute Gasteiger partial charge is 0.353 e. The van der Waals surface area contributed by atoms with Gasteiger partial charge in [-0.1, -0.05) is 20.8 Å². The molecule has 2 bridgehead atoms. The molecule has 0 amide bonds. The molecule has 4 atom stereocenters. The van der Waals surface area contributed by atoms with E-state index in [9.17, 15) is 0 Å². The molecule has 92 valence electrons. The summed E-state index contributed by atoms with van der Waals surface area (Å²) in [6.45, 7) is 10.3. The number of rotatable bonds is 0. The van der Waals surface area contributed by atoms with Gasteiger partial charge in [-0.3, -0.25) is 0 Å². The molecule has 0 N–H and O–H groups in total. The Morgan fingerprint density at radius 3 is 2.38 bits per heavy atom. The van der Waals surface area contributed by atoms with Crippen LogP contribution < -0.4 is 0 Å². The van der Waals surface area contributed by atoms with Crippen LogP contribution in [0.1, 0.15) is 53.4 Å². The van der Waals surface area contributed by atoms with Crippen LogP contribution in [0.15, 0.2) is 0 Å². The van der Waals surface area contributed by atoms with Crippen LogP contribution >= 0.6 is 0 Å². The van der Waals surface area contributed by atoms with Crippen LogP contribution in [0, 0.1) is 16.7 Å². The summed E-state index contributed by atoms with van der Waals surface area (Å²) in [5.41, 5.74) is 0.893. The van der Waals surface area contributed by atoms with Crippen LogP contribution in [-0.4, -0.2) is 18.5 Å². The van der Waals surface area contributed by atoms with Crippen LogP contribution in [0.5, 0.6) is 0 Å². The molecule has 16 heavy (non-hydrogen) atoms. The number of ether oxygens (including phenoxy) is 2. The minimum Gasteiger partial charge on any atom is -0.353 e. The number of hydrogen-bond donors (Lipinski definition) is 0. The summed E-state index contributed by atoms with van der Waals surface area (Å²) >= 11 is 0. The van der Waals surface area contributed by atoms with E-state index in [0.717, 1.165) is 18.9 Å². The van der Waals surface area contributed by atoms with Gasteiger partial charge in [-0.2, -0.15) is 0 Å². The topological polar surface area (TPSA) is 18.5 Å². The van der Waals surface area contributed by atoms with Gasteiger partial charge in [-0.15, -0.1) is 0 Å². The Morgan fingerprint density at radius 1 is 1.12 bits per heavy atom. The van der Waals surface area contributed by atoms with Gasteiger partial charge in [0, 0.05) is 11.8 Å². The second-order valence-corrected chi connectivity index (χ2v) is 6.79. The van der Waals surface area contributed by atoms with Crippen molar-refractivity contribution < 1.29 is 9.47 Å². The molecule has 1 saturated heterocycles. The second kappa shape index (κ2) is 3.02. The molecule has 3 fully saturated rings. The summed E-state index contributed by atoms with van der Waals surface area (Å²) < 4.78 is 11.8. The minimum atomic E-state index is -0.0132. The molecule has 0 radical (unpaired) electrons. The molecular weight excluding hydrogens is 200 g/mol. The third-order valence-electron chi connectivity index (χ3n) is 6.27. The Hall–Kier alpha value is -0.0800. The van der Waals surface area contributed by atoms with E-state index >= 15 is 0 Å². The highest BCUT2D eigenvalue weighted by Crippen LogP contribution is 2.72. The van der Waals surface area contributed by atoms with Crippen LogP contribution in [-0.2, 0) is 9.47 Å². The van der Waals surface area contributed by atoms with Crippen molar-refractivity contribution in [1.82, 2.24) is 0 Å². The summed E-state index contributed by atoms with van der Waals surface area (Å²) in [6, 6.07) is 0. The molecule has 2 aliphatic carbocycles. The highest BCUT2D eigenvalue weighted by molar-refractivity contribution is 5.18. The molecule has 0 aromatic rings. The maximum atomic E-state index is 6.29. The molecular formula is C14H24O2. The molecule has 1 aliphatic heterocycles. The van der Waals surface area contributed by atoms with Crippen molar-refractivity contribution in [2.75, 3.05) is 6.61 Å². The monoisotopic (exact) mass is 224 g/mol. The van der Waals surface area contributed by atoms with Gasteiger partial charge in [-0.05, 0) is 37.5 Å². The van der Waals surface area contributed by atoms with E-state index in [0.29, 0.717) is 10.8 Å². The van der Waals surface area contributed by atoms with E-state index in [4.69, 9.17) is 9.47 Å². The van der Waals surface area contributed by atoms with Gasteiger partial charge < -0.3 is 9.47 Å². The van der Waals surface area contributed by atoms with Gasteiger partial charge >= 0.3 is 0 Å². The lowest BCUT2D eigenvalue weighted by atomic mass is 9.63. The van der Waals surface area contributed by atoms with Crippen LogP contribution in [0.4, 0.5) is 0 Å². The van der Waals surface area contributed by atoms with Gasteiger partial charge in [0.1, 0.15) is 0 Å². The SMILES string of the molecule is CC1OCC[C@]2(C[C@H]3CC[C@]2(C)C3(C)C)O1. The maximum Gasteiger partial charge on any atom is 0.155 e. The van der Waals surface area contributed by atoms with Gasteiger partial charge in [0.25, 0.3) is 0 Å². The predicted octanol–water partition coefficient (Wildman–Crippen LogP) is 3.35. The van der Waals surface area contributed by atoms with Gasteiger partial charge in [0.15, 0.2) is 6.29 Å². The van der Waals surface area contributed by atoms with Crippen molar-refractivity contribution >= 4 is 0 Å². The number of hydrogen-bond acceptors (Lipinski definition) is 2. The summed E-state index contributed by atoms with van der Waals surface area (Å²) in [6.07, 6.45) is 5.06. The Morgan fingerprint density at radius 2 is 1.88 bits per heavy atom. The molecule has 1 unspecified atom stereocenters. The lowest BCUT2D eigenvalue weighted by Gasteiger charge is -2.51. The first-order valence-corrected chi connectivity index (χ1v) is 6.71. The summed E-state index contributed by atoms with van der Waals surface area (Å²) in [7, 11) is 0. The molecule has 3 aliphatic rings. The smallest absolute Gasteiger partial charge is 0.155 e. The lowest BCUT2D eigenvalue weighted by Crippen LogP contribution is -2.54. The zero-order valence-corrected chi connectivity index (χ0v) is 11.0. The normalized spacial score (nSPS) is 54.8. The van der Waals surface area contributed by atoms with Crippen LogP contribution in [0.25, 0.3) is 0 Å². The van der Waals surface area contributed by atoms with E-state index in [-0.39, 0.29) is 11.9 Å². The first-order chi connectivity index (χ1) is 7.41. The van der Waals surface area contributed by atoms with E-state index in [2.05, 4.69) is 20.8 Å². The quantitative estimate of drug-likeness (QED) is 0.628. The zero-order valence-electron chi connectivity index (χ0n) is 11.0. The van der Waals surface area contributed by atoms with Crippen LogP contribution in [0.3, 0.4) is 0 Å². The van der Waals surface area contributed by atoms with Crippen molar-refractivity contribution in [2.45, 2.75) is 65.3 Å². The third-order valence-corrected chi connectivity index (χ3v) is 6.27. The molecule has 1 spiro atoms. The maximum absolute atomic E-state index is 6.29. The highest BCUT2D eigenvalue weighted by Gasteiger charge is 2.70. The summed E-state index contributed by atoms with van der Waals surface area (Å²) in [4.78, 5) is 0. The predicted molar refractivity (Wildman–Crippen MR) is 63.1 cm³/mol. The fourth-order valence-electron chi connectivity index (χ4n) is 4.75. The third kappa shape index (κ3) is 1.06. The molecule has 2 heteroatoms. The molecule has 0 aromatic carbocycles. The Labute approximate surface area is 98.7 Å². The van der Waals surface area contributed by atoms with Gasteiger partial charge in [-0.25, -0.2) is 0 Å². The van der Waals surface area contributed by atoms with Crippen molar-refractivity contribution in [3.05, 3.63) is 0 Å². The standard InChI is InChI=1S/C14H24O2/c1-10-15-8-7-14(16-10)9-11-5-6-13(14,4)12(11,2)3/h10-11H,5-9H2,1-4H3/t10?,11-,13-,14-/m1/s1. The Bertz CT molecular complexity index is 312. The summed E-state index contributed by atoms with van der Waals surface area (Å²) in [5.74, 6) is 0.850. The van der Waals surface area contributed by atoms with Gasteiger partial charge in [0.05, 0.1) is 12.2 Å². The van der Waals surface area contributed by atoms with E-state index in [1.54, 1.807) is 0 Å². The average Bonchev–Trinajstić information content (AvgIpc) is 2.50.